The second-order valence-electron chi connectivity index (χ2n) is 4.50. The molecule has 2 aromatic rings. The van der Waals surface area contributed by atoms with Gasteiger partial charge in [0.05, 0.1) is 11.2 Å². The van der Waals surface area contributed by atoms with Gasteiger partial charge in [-0.2, -0.15) is 0 Å². The molecule has 16 heavy (non-hydrogen) atoms. The smallest absolute Gasteiger partial charge is 0.0705 e. The van der Waals surface area contributed by atoms with Crippen LogP contribution in [0.25, 0.3) is 10.9 Å². The van der Waals surface area contributed by atoms with Gasteiger partial charge >= 0.3 is 0 Å². The zero-order valence-corrected chi connectivity index (χ0v) is 9.32. The van der Waals surface area contributed by atoms with Crippen molar-refractivity contribution in [3.63, 3.8) is 0 Å². The molecule has 1 fully saturated rings. The van der Waals surface area contributed by atoms with Crippen molar-refractivity contribution in [1.29, 1.82) is 0 Å². The van der Waals surface area contributed by atoms with Gasteiger partial charge < -0.3 is 5.32 Å². The van der Waals surface area contributed by atoms with E-state index in [9.17, 15) is 0 Å². The molecule has 0 atom stereocenters. The fraction of sp³-hybridized carbons (Fsp3) is 0.357. The van der Waals surface area contributed by atoms with E-state index in [-0.39, 0.29) is 0 Å². The lowest BCUT2D eigenvalue weighted by Crippen LogP contribution is -2.34. The highest BCUT2D eigenvalue weighted by Crippen LogP contribution is 2.18. The molecule has 1 aliphatic carbocycles. The number of para-hydroxylation sites is 1. The highest BCUT2D eigenvalue weighted by molar-refractivity contribution is 5.78. The second-order valence-corrected chi connectivity index (χ2v) is 4.50. The van der Waals surface area contributed by atoms with Crippen LogP contribution in [0.2, 0.25) is 0 Å². The zero-order chi connectivity index (χ0) is 10.8. The Labute approximate surface area is 95.7 Å². The first-order valence-corrected chi connectivity index (χ1v) is 6.00. The van der Waals surface area contributed by atoms with Gasteiger partial charge in [0, 0.05) is 18.0 Å². The summed E-state index contributed by atoms with van der Waals surface area (Å²) in [6.07, 6.45) is 4.03. The van der Waals surface area contributed by atoms with E-state index in [1.165, 1.54) is 24.6 Å². The third-order valence-corrected chi connectivity index (χ3v) is 3.33. The van der Waals surface area contributed by atoms with Gasteiger partial charge in [-0.3, -0.25) is 4.98 Å². The lowest BCUT2D eigenvalue weighted by molar-refractivity contribution is 0.337. The summed E-state index contributed by atoms with van der Waals surface area (Å²) in [7, 11) is 0. The number of fused-ring (bicyclic) bond motifs is 1. The Morgan fingerprint density at radius 1 is 1.12 bits per heavy atom. The Morgan fingerprint density at radius 3 is 2.81 bits per heavy atom. The molecule has 1 aromatic heterocycles. The van der Waals surface area contributed by atoms with Crippen LogP contribution in [0.15, 0.2) is 36.4 Å². The van der Waals surface area contributed by atoms with Crippen LogP contribution in [0.5, 0.6) is 0 Å². The number of benzene rings is 1. The summed E-state index contributed by atoms with van der Waals surface area (Å²) in [4.78, 5) is 4.64. The minimum atomic E-state index is 0.730. The largest absolute Gasteiger partial charge is 0.308 e. The molecule has 82 valence electrons. The molecule has 3 rings (SSSR count). The molecular weight excluding hydrogens is 196 g/mol. The van der Waals surface area contributed by atoms with E-state index in [0.29, 0.717) is 0 Å². The van der Waals surface area contributed by atoms with Gasteiger partial charge in [-0.25, -0.2) is 0 Å². The van der Waals surface area contributed by atoms with Crippen molar-refractivity contribution in [3.05, 3.63) is 42.1 Å². The average Bonchev–Trinajstić information content (AvgIpc) is 2.27. The molecule has 0 amide bonds. The van der Waals surface area contributed by atoms with E-state index < -0.39 is 0 Å². The first-order chi connectivity index (χ1) is 7.92. The third-order valence-electron chi connectivity index (χ3n) is 3.33. The van der Waals surface area contributed by atoms with Gasteiger partial charge in [0.2, 0.25) is 0 Å². The minimum Gasteiger partial charge on any atom is -0.308 e. The number of pyridine rings is 1. The van der Waals surface area contributed by atoms with Gasteiger partial charge in [0.15, 0.2) is 0 Å². The van der Waals surface area contributed by atoms with Crippen molar-refractivity contribution < 1.29 is 0 Å². The molecule has 0 aliphatic heterocycles. The normalized spacial score (nSPS) is 16.2. The minimum absolute atomic E-state index is 0.730. The van der Waals surface area contributed by atoms with Crippen LogP contribution in [0, 0.1) is 0 Å². The molecular formula is C14H16N2. The Hall–Kier alpha value is -1.41. The Kier molecular flexibility index (Phi) is 2.58. The van der Waals surface area contributed by atoms with Crippen molar-refractivity contribution >= 4 is 10.9 Å². The van der Waals surface area contributed by atoms with E-state index >= 15 is 0 Å². The van der Waals surface area contributed by atoms with Crippen LogP contribution >= 0.6 is 0 Å². The van der Waals surface area contributed by atoms with Crippen LogP contribution in [-0.4, -0.2) is 11.0 Å². The lowest BCUT2D eigenvalue weighted by Gasteiger charge is -2.26. The molecule has 1 heterocycles. The van der Waals surface area contributed by atoms with Gasteiger partial charge in [0.1, 0.15) is 0 Å². The zero-order valence-electron chi connectivity index (χ0n) is 9.32. The predicted molar refractivity (Wildman–Crippen MR) is 66.2 cm³/mol. The molecule has 1 aromatic carbocycles. The molecule has 2 nitrogen and oxygen atoms in total. The van der Waals surface area contributed by atoms with Crippen molar-refractivity contribution in [2.75, 3.05) is 0 Å². The van der Waals surface area contributed by atoms with E-state index in [4.69, 9.17) is 0 Å². The van der Waals surface area contributed by atoms with Crippen molar-refractivity contribution in [2.24, 2.45) is 0 Å². The first-order valence-electron chi connectivity index (χ1n) is 6.00. The summed E-state index contributed by atoms with van der Waals surface area (Å²) in [5.41, 5.74) is 2.24. The van der Waals surface area contributed by atoms with Crippen LogP contribution < -0.4 is 5.32 Å². The molecule has 0 bridgehead atoms. The summed E-state index contributed by atoms with van der Waals surface area (Å²) >= 11 is 0. The average molecular weight is 212 g/mol. The second kappa shape index (κ2) is 4.22. The van der Waals surface area contributed by atoms with E-state index in [2.05, 4.69) is 40.6 Å². The summed E-state index contributed by atoms with van der Waals surface area (Å²) < 4.78 is 0. The molecule has 0 saturated heterocycles. The molecule has 1 aliphatic rings. The molecule has 1 N–H and O–H groups in total. The van der Waals surface area contributed by atoms with Crippen molar-refractivity contribution in [1.82, 2.24) is 10.3 Å². The van der Waals surface area contributed by atoms with Gasteiger partial charge in [0.25, 0.3) is 0 Å². The van der Waals surface area contributed by atoms with Gasteiger partial charge in [-0.1, -0.05) is 30.7 Å². The van der Waals surface area contributed by atoms with Crippen LogP contribution in [-0.2, 0) is 6.54 Å². The summed E-state index contributed by atoms with van der Waals surface area (Å²) in [6.45, 7) is 0.898. The molecule has 0 spiro atoms. The van der Waals surface area contributed by atoms with E-state index in [1.807, 2.05) is 6.07 Å². The number of hydrogen-bond donors (Lipinski definition) is 1. The maximum Gasteiger partial charge on any atom is 0.0705 e. The SMILES string of the molecule is c1ccc2nc(CNC3CCC3)ccc2c1. The molecule has 0 unspecified atom stereocenters. The Balaban J connectivity index is 1.76. The highest BCUT2D eigenvalue weighted by Gasteiger charge is 2.16. The van der Waals surface area contributed by atoms with Gasteiger partial charge in [-0.15, -0.1) is 0 Å². The highest BCUT2D eigenvalue weighted by atomic mass is 14.9. The summed E-state index contributed by atoms with van der Waals surface area (Å²) in [5.74, 6) is 0. The van der Waals surface area contributed by atoms with Gasteiger partial charge in [-0.05, 0) is 25.0 Å². The maximum atomic E-state index is 4.64. The fourth-order valence-electron chi connectivity index (χ4n) is 2.07. The third kappa shape index (κ3) is 1.93. The quantitative estimate of drug-likeness (QED) is 0.846. The van der Waals surface area contributed by atoms with Crippen LogP contribution in [0.1, 0.15) is 25.0 Å². The topological polar surface area (TPSA) is 24.9 Å². The van der Waals surface area contributed by atoms with E-state index in [0.717, 1.165) is 23.8 Å². The molecule has 0 radical (unpaired) electrons. The number of hydrogen-bond acceptors (Lipinski definition) is 2. The molecule has 2 heteroatoms. The van der Waals surface area contributed by atoms with Crippen molar-refractivity contribution in [3.8, 4) is 0 Å². The van der Waals surface area contributed by atoms with Crippen LogP contribution in [0.4, 0.5) is 0 Å². The monoisotopic (exact) mass is 212 g/mol. The standard InChI is InChI=1S/C14H16N2/c1-2-7-14-11(4-1)8-9-13(16-14)10-15-12-5-3-6-12/h1-2,4,7-9,12,15H,3,5-6,10H2. The summed E-state index contributed by atoms with van der Waals surface area (Å²) in [6, 6.07) is 13.3. The Morgan fingerprint density at radius 2 is 2.00 bits per heavy atom. The lowest BCUT2D eigenvalue weighted by atomic mass is 9.93. The summed E-state index contributed by atoms with van der Waals surface area (Å²) in [5, 5.41) is 4.76. The number of nitrogens with one attached hydrogen (secondary N) is 1. The Bertz CT molecular complexity index is 489. The number of aromatic nitrogens is 1. The van der Waals surface area contributed by atoms with Crippen molar-refractivity contribution in [2.45, 2.75) is 31.8 Å². The number of nitrogens with zero attached hydrogens (tertiary/aromatic N) is 1. The maximum absolute atomic E-state index is 4.64. The van der Waals surface area contributed by atoms with Crippen LogP contribution in [0.3, 0.4) is 0 Å². The number of rotatable bonds is 3. The first kappa shape index (κ1) is 9.79. The predicted octanol–water partition coefficient (Wildman–Crippen LogP) is 2.88. The fourth-order valence-corrected chi connectivity index (χ4v) is 2.07. The molecule has 1 saturated carbocycles. The van der Waals surface area contributed by atoms with E-state index in [1.54, 1.807) is 0 Å².